The molecule has 1 aliphatic carbocycles. The van der Waals surface area contributed by atoms with Crippen LogP contribution in [0.4, 0.5) is 13.2 Å². The van der Waals surface area contributed by atoms with E-state index < -0.39 is 53.2 Å². The molecular formula is C27H28F3N3O5. The van der Waals surface area contributed by atoms with Crippen molar-refractivity contribution < 1.29 is 37.1 Å². The van der Waals surface area contributed by atoms with Gasteiger partial charge in [-0.1, -0.05) is 36.4 Å². The summed E-state index contributed by atoms with van der Waals surface area (Å²) in [6.07, 6.45) is -3.95. The maximum atomic E-state index is 13.9. The van der Waals surface area contributed by atoms with Crippen LogP contribution in [0.2, 0.25) is 0 Å². The summed E-state index contributed by atoms with van der Waals surface area (Å²) in [5.41, 5.74) is 3.00. The van der Waals surface area contributed by atoms with Crippen molar-refractivity contribution in [1.82, 2.24) is 10.2 Å². The second-order valence-corrected chi connectivity index (χ2v) is 9.61. The Labute approximate surface area is 217 Å². The molecule has 2 aromatic carbocycles. The molecule has 1 aliphatic heterocycles. The number of benzene rings is 2. The molecule has 0 radical (unpaired) electrons. The van der Waals surface area contributed by atoms with Crippen LogP contribution in [-0.2, 0) is 38.3 Å². The summed E-state index contributed by atoms with van der Waals surface area (Å²) in [5.74, 6) is -5.15. The number of alkyl halides is 3. The molecule has 2 atom stereocenters. The van der Waals surface area contributed by atoms with E-state index in [4.69, 9.17) is 10.5 Å². The molecule has 4 rings (SSSR count). The van der Waals surface area contributed by atoms with Gasteiger partial charge in [-0.05, 0) is 43.4 Å². The summed E-state index contributed by atoms with van der Waals surface area (Å²) in [4.78, 5) is 53.8. The van der Waals surface area contributed by atoms with Crippen LogP contribution in [0.25, 0.3) is 0 Å². The van der Waals surface area contributed by atoms with Gasteiger partial charge in [0.15, 0.2) is 0 Å². The Balaban J connectivity index is 1.83. The maximum Gasteiger partial charge on any atom is 0.416 e. The second-order valence-electron chi connectivity index (χ2n) is 9.61. The molecule has 2 unspecified atom stereocenters. The predicted molar refractivity (Wildman–Crippen MR) is 130 cm³/mol. The summed E-state index contributed by atoms with van der Waals surface area (Å²) >= 11 is 0. The first-order valence-electron chi connectivity index (χ1n) is 12.2. The Morgan fingerprint density at radius 3 is 2.39 bits per heavy atom. The number of methoxy groups -OCH3 is 1. The van der Waals surface area contributed by atoms with E-state index >= 15 is 0 Å². The van der Waals surface area contributed by atoms with Gasteiger partial charge in [0.1, 0.15) is 11.3 Å². The number of nitrogens with one attached hydrogen (secondary N) is 1. The first-order chi connectivity index (χ1) is 18.0. The highest BCUT2D eigenvalue weighted by molar-refractivity contribution is 6.38. The number of ether oxygens (including phenoxy) is 1. The largest absolute Gasteiger partial charge is 0.496 e. The predicted octanol–water partition coefficient (Wildman–Crippen LogP) is 2.77. The Bertz CT molecular complexity index is 1250. The lowest BCUT2D eigenvalue weighted by atomic mass is 9.74. The van der Waals surface area contributed by atoms with Crippen molar-refractivity contribution in [3.8, 4) is 5.75 Å². The number of likely N-dealkylation sites (tertiary alicyclic amines) is 1. The number of ketones is 1. The molecule has 2 aromatic rings. The minimum Gasteiger partial charge on any atom is -0.496 e. The lowest BCUT2D eigenvalue weighted by Gasteiger charge is -2.41. The molecular weight excluding hydrogens is 503 g/mol. The van der Waals surface area contributed by atoms with Crippen molar-refractivity contribution in [3.05, 3.63) is 65.2 Å². The van der Waals surface area contributed by atoms with Crippen LogP contribution in [0, 0.1) is 5.92 Å². The van der Waals surface area contributed by atoms with Gasteiger partial charge in [-0.25, -0.2) is 0 Å². The van der Waals surface area contributed by atoms with Crippen LogP contribution in [0.15, 0.2) is 48.5 Å². The third-order valence-electron chi connectivity index (χ3n) is 7.22. The molecule has 11 heteroatoms. The van der Waals surface area contributed by atoms with Gasteiger partial charge >= 0.3 is 6.18 Å². The van der Waals surface area contributed by atoms with E-state index in [-0.39, 0.29) is 36.6 Å². The van der Waals surface area contributed by atoms with Crippen LogP contribution in [-0.4, -0.2) is 47.1 Å². The van der Waals surface area contributed by atoms with E-state index in [1.165, 1.54) is 19.2 Å². The van der Waals surface area contributed by atoms with E-state index in [2.05, 4.69) is 5.32 Å². The Morgan fingerprint density at radius 2 is 1.82 bits per heavy atom. The lowest BCUT2D eigenvalue weighted by molar-refractivity contribution is -0.152. The quantitative estimate of drug-likeness (QED) is 0.457. The Kier molecular flexibility index (Phi) is 7.48. The number of nitrogens with zero attached hydrogens (tertiary/aromatic N) is 1. The number of carbonyl (C=O) groups excluding carboxylic acids is 4. The van der Waals surface area contributed by atoms with Gasteiger partial charge in [-0.2, -0.15) is 13.2 Å². The van der Waals surface area contributed by atoms with Crippen LogP contribution < -0.4 is 15.8 Å². The van der Waals surface area contributed by atoms with Crippen LogP contribution >= 0.6 is 0 Å². The van der Waals surface area contributed by atoms with Gasteiger partial charge in [0.25, 0.3) is 5.91 Å². The molecule has 1 heterocycles. The average Bonchev–Trinajstić information content (AvgIpc) is 3.64. The fraction of sp³-hybridized carbons (Fsp3) is 0.407. The van der Waals surface area contributed by atoms with Gasteiger partial charge in [-0.3, -0.25) is 19.2 Å². The third-order valence-corrected chi connectivity index (χ3v) is 7.22. The average molecular weight is 532 g/mol. The molecule has 38 heavy (non-hydrogen) atoms. The molecule has 8 nitrogen and oxygen atoms in total. The zero-order valence-electron chi connectivity index (χ0n) is 20.7. The van der Waals surface area contributed by atoms with E-state index in [1.807, 2.05) is 0 Å². The van der Waals surface area contributed by atoms with Gasteiger partial charge < -0.3 is 20.7 Å². The molecule has 3 N–H and O–H groups in total. The van der Waals surface area contributed by atoms with Gasteiger partial charge in [0.2, 0.25) is 17.6 Å². The minimum absolute atomic E-state index is 0.122. The highest BCUT2D eigenvalue weighted by Crippen LogP contribution is 2.43. The second kappa shape index (κ2) is 10.5. The number of nitrogens with two attached hydrogens (primary N) is 1. The highest BCUT2D eigenvalue weighted by atomic mass is 19.4. The molecule has 0 aromatic heterocycles. The lowest BCUT2D eigenvalue weighted by Crippen LogP contribution is -2.63. The fourth-order valence-electron chi connectivity index (χ4n) is 5.12. The summed E-state index contributed by atoms with van der Waals surface area (Å²) in [6.45, 7) is -0.691. The standard InChI is InChI=1S/C27H28F3N3O5/c1-38-21-9-5-8-19(27(28,29)30)18(21)15-33-22(34)12-13-26(33,25(31)37)20(14-16-6-3-2-4-7-16)23(35)24(36)32-17-10-11-17/h2-9,17,20H,10-15H2,1H3,(H2,31,37)(H,32,36). The molecule has 2 fully saturated rings. The monoisotopic (exact) mass is 531 g/mol. The number of primary amides is 1. The number of Topliss-reactive ketones (excluding diaryl/α,β-unsaturated/α-hetero) is 1. The van der Waals surface area contributed by atoms with Gasteiger partial charge in [0, 0.05) is 18.0 Å². The molecule has 1 saturated carbocycles. The fourth-order valence-corrected chi connectivity index (χ4v) is 5.12. The minimum atomic E-state index is -4.79. The number of halogens is 3. The number of amides is 3. The maximum absolute atomic E-state index is 13.9. The molecule has 202 valence electrons. The third kappa shape index (κ3) is 5.23. The number of hydrogen-bond donors (Lipinski definition) is 2. The van der Waals surface area contributed by atoms with Crippen LogP contribution in [0.5, 0.6) is 5.75 Å². The molecule has 0 bridgehead atoms. The normalized spacial score (nSPS) is 20.2. The summed E-state index contributed by atoms with van der Waals surface area (Å²) in [7, 11) is 1.19. The first-order valence-corrected chi connectivity index (χ1v) is 12.2. The van der Waals surface area contributed by atoms with Crippen molar-refractivity contribution in [2.75, 3.05) is 7.11 Å². The van der Waals surface area contributed by atoms with E-state index in [9.17, 15) is 32.3 Å². The van der Waals surface area contributed by atoms with Crippen molar-refractivity contribution in [1.29, 1.82) is 0 Å². The summed E-state index contributed by atoms with van der Waals surface area (Å²) in [5, 5.41) is 2.61. The van der Waals surface area contributed by atoms with Gasteiger partial charge in [0.05, 0.1) is 25.1 Å². The van der Waals surface area contributed by atoms with Crippen molar-refractivity contribution in [2.24, 2.45) is 11.7 Å². The Morgan fingerprint density at radius 1 is 1.13 bits per heavy atom. The van der Waals surface area contributed by atoms with Crippen molar-refractivity contribution >= 4 is 23.5 Å². The topological polar surface area (TPSA) is 119 Å². The Hall–Kier alpha value is -3.89. The molecule has 3 amide bonds. The molecule has 1 saturated heterocycles. The van der Waals surface area contributed by atoms with Crippen LogP contribution in [0.1, 0.15) is 42.4 Å². The summed E-state index contributed by atoms with van der Waals surface area (Å²) < 4.78 is 47.0. The van der Waals surface area contributed by atoms with E-state index in [0.717, 1.165) is 11.0 Å². The smallest absolute Gasteiger partial charge is 0.416 e. The van der Waals surface area contributed by atoms with Gasteiger partial charge in [-0.15, -0.1) is 0 Å². The number of hydrogen-bond acceptors (Lipinski definition) is 5. The SMILES string of the molecule is COc1cccc(C(F)(F)F)c1CN1C(=O)CCC1(C(N)=O)C(Cc1ccccc1)C(=O)C(=O)NC1CC1. The van der Waals surface area contributed by atoms with Crippen LogP contribution in [0.3, 0.4) is 0 Å². The first kappa shape index (κ1) is 27.2. The molecule has 0 spiro atoms. The number of rotatable bonds is 10. The van der Waals surface area contributed by atoms with E-state index in [0.29, 0.717) is 18.4 Å². The van der Waals surface area contributed by atoms with Crippen molar-refractivity contribution in [3.63, 3.8) is 0 Å². The highest BCUT2D eigenvalue weighted by Gasteiger charge is 2.58. The molecule has 2 aliphatic rings. The number of carbonyl (C=O) groups is 4. The van der Waals surface area contributed by atoms with Crippen molar-refractivity contribution in [2.45, 2.75) is 56.4 Å². The zero-order valence-corrected chi connectivity index (χ0v) is 20.7. The van der Waals surface area contributed by atoms with E-state index in [1.54, 1.807) is 30.3 Å². The summed E-state index contributed by atoms with van der Waals surface area (Å²) in [6, 6.07) is 11.7. The zero-order chi connectivity index (χ0) is 27.7.